The molecule has 1 atom stereocenters. The van der Waals surface area contributed by atoms with Crippen molar-refractivity contribution in [3.63, 3.8) is 0 Å². The summed E-state index contributed by atoms with van der Waals surface area (Å²) in [6.07, 6.45) is -3.74. The molecule has 5 nitrogen and oxygen atoms in total. The quantitative estimate of drug-likeness (QED) is 0.581. The zero-order chi connectivity index (χ0) is 14.1. The third-order valence-corrected chi connectivity index (χ3v) is 2.95. The third kappa shape index (κ3) is 3.27. The Bertz CT molecular complexity index is 458. The topological polar surface area (TPSA) is 72.2 Å². The molecule has 2 rings (SSSR count). The van der Waals surface area contributed by atoms with Crippen LogP contribution in [0.3, 0.4) is 0 Å². The van der Waals surface area contributed by atoms with Crippen LogP contribution in [0.2, 0.25) is 0 Å². The van der Waals surface area contributed by atoms with Gasteiger partial charge in [0, 0.05) is 6.61 Å². The van der Waals surface area contributed by atoms with Crippen molar-refractivity contribution in [3.8, 4) is 0 Å². The van der Waals surface area contributed by atoms with Crippen molar-refractivity contribution in [3.05, 3.63) is 17.7 Å². The first-order valence-corrected chi connectivity index (χ1v) is 5.74. The van der Waals surface area contributed by atoms with Gasteiger partial charge in [-0.1, -0.05) is 0 Å². The molecule has 106 valence electrons. The second-order valence-electron chi connectivity index (χ2n) is 4.76. The van der Waals surface area contributed by atoms with Crippen LogP contribution in [0.1, 0.15) is 18.9 Å². The van der Waals surface area contributed by atoms with Crippen LogP contribution in [-0.2, 0) is 10.9 Å². The van der Waals surface area contributed by atoms with E-state index >= 15 is 0 Å². The number of hydrazine groups is 1. The second kappa shape index (κ2) is 4.86. The maximum absolute atomic E-state index is 12.7. The Morgan fingerprint density at radius 1 is 1.37 bits per heavy atom. The molecule has 1 saturated heterocycles. The standard InChI is InChI=1S/C11H15F3N4O/c1-10(2-3-19-6-10)17-8-4-7(11(12,13)14)5-9(16-8)18-15/h4-5H,2-3,6,15H2,1H3,(H2,16,17,18). The lowest BCUT2D eigenvalue weighted by molar-refractivity contribution is -0.137. The van der Waals surface area contributed by atoms with E-state index in [4.69, 9.17) is 10.6 Å². The molecule has 0 saturated carbocycles. The zero-order valence-electron chi connectivity index (χ0n) is 10.3. The van der Waals surface area contributed by atoms with Gasteiger partial charge in [0.15, 0.2) is 0 Å². The highest BCUT2D eigenvalue weighted by Crippen LogP contribution is 2.33. The normalized spacial score (nSPS) is 23.4. The van der Waals surface area contributed by atoms with Gasteiger partial charge in [-0.2, -0.15) is 13.2 Å². The van der Waals surface area contributed by atoms with E-state index in [-0.39, 0.29) is 11.6 Å². The van der Waals surface area contributed by atoms with Gasteiger partial charge in [-0.05, 0) is 25.5 Å². The molecule has 0 amide bonds. The maximum atomic E-state index is 12.7. The fraction of sp³-hybridized carbons (Fsp3) is 0.545. The Morgan fingerprint density at radius 3 is 2.58 bits per heavy atom. The molecule has 0 radical (unpaired) electrons. The summed E-state index contributed by atoms with van der Waals surface area (Å²) in [5.41, 5.74) is 0.916. The van der Waals surface area contributed by atoms with Gasteiger partial charge >= 0.3 is 6.18 Å². The van der Waals surface area contributed by atoms with Crippen LogP contribution in [0.5, 0.6) is 0 Å². The van der Waals surface area contributed by atoms with Crippen molar-refractivity contribution >= 4 is 11.6 Å². The molecule has 1 unspecified atom stereocenters. The first-order chi connectivity index (χ1) is 8.82. The summed E-state index contributed by atoms with van der Waals surface area (Å²) in [7, 11) is 0. The average Bonchev–Trinajstić information content (AvgIpc) is 2.74. The number of nitrogens with two attached hydrogens (primary N) is 1. The van der Waals surface area contributed by atoms with E-state index in [2.05, 4.69) is 15.7 Å². The number of aromatic nitrogens is 1. The smallest absolute Gasteiger partial charge is 0.379 e. The summed E-state index contributed by atoms with van der Waals surface area (Å²) in [5.74, 6) is 5.22. The fourth-order valence-corrected chi connectivity index (χ4v) is 1.91. The van der Waals surface area contributed by atoms with E-state index in [1.54, 1.807) is 0 Å². The summed E-state index contributed by atoms with van der Waals surface area (Å²) in [6.45, 7) is 2.87. The fourth-order valence-electron chi connectivity index (χ4n) is 1.91. The highest BCUT2D eigenvalue weighted by atomic mass is 19.4. The van der Waals surface area contributed by atoms with E-state index in [9.17, 15) is 13.2 Å². The molecule has 0 aliphatic carbocycles. The molecule has 0 bridgehead atoms. The predicted molar refractivity (Wildman–Crippen MR) is 64.5 cm³/mol. The molecule has 8 heteroatoms. The first-order valence-electron chi connectivity index (χ1n) is 5.74. The Kier molecular flexibility index (Phi) is 3.55. The number of rotatable bonds is 3. The van der Waals surface area contributed by atoms with Crippen LogP contribution >= 0.6 is 0 Å². The molecular formula is C11H15F3N4O. The molecule has 1 fully saturated rings. The number of anilines is 2. The van der Waals surface area contributed by atoms with Crippen LogP contribution in [0.25, 0.3) is 0 Å². The van der Waals surface area contributed by atoms with Gasteiger partial charge < -0.3 is 15.5 Å². The van der Waals surface area contributed by atoms with E-state index in [0.717, 1.165) is 12.1 Å². The van der Waals surface area contributed by atoms with Crippen molar-refractivity contribution in [1.29, 1.82) is 0 Å². The minimum Gasteiger partial charge on any atom is -0.379 e. The number of halogens is 3. The SMILES string of the molecule is CC1(Nc2cc(C(F)(F)F)cc(NN)n2)CCOC1. The Balaban J connectivity index is 2.29. The van der Waals surface area contributed by atoms with Crippen LogP contribution in [-0.4, -0.2) is 23.7 Å². The molecule has 19 heavy (non-hydrogen) atoms. The molecule has 1 aromatic heterocycles. The lowest BCUT2D eigenvalue weighted by Crippen LogP contribution is -2.35. The minimum absolute atomic E-state index is 0.0418. The van der Waals surface area contributed by atoms with Gasteiger partial charge in [-0.3, -0.25) is 0 Å². The number of hydrogen-bond donors (Lipinski definition) is 3. The summed E-state index contributed by atoms with van der Waals surface area (Å²) in [6, 6.07) is 1.82. The largest absolute Gasteiger partial charge is 0.416 e. The number of nitrogens with zero attached hydrogens (tertiary/aromatic N) is 1. The number of nitrogens with one attached hydrogen (secondary N) is 2. The lowest BCUT2D eigenvalue weighted by atomic mass is 10.0. The second-order valence-corrected chi connectivity index (χ2v) is 4.76. The number of nitrogen functional groups attached to an aromatic ring is 1. The van der Waals surface area contributed by atoms with Crippen LogP contribution in [0.15, 0.2) is 12.1 Å². The maximum Gasteiger partial charge on any atom is 0.416 e. The number of alkyl halides is 3. The van der Waals surface area contributed by atoms with E-state index < -0.39 is 17.3 Å². The lowest BCUT2D eigenvalue weighted by Gasteiger charge is -2.25. The first kappa shape index (κ1) is 13.9. The Hall–Kier alpha value is -1.54. The van der Waals surface area contributed by atoms with Crippen molar-refractivity contribution < 1.29 is 17.9 Å². The monoisotopic (exact) mass is 276 g/mol. The zero-order valence-corrected chi connectivity index (χ0v) is 10.3. The summed E-state index contributed by atoms with van der Waals surface area (Å²) < 4.78 is 43.5. The van der Waals surface area contributed by atoms with Crippen LogP contribution < -0.4 is 16.6 Å². The highest BCUT2D eigenvalue weighted by Gasteiger charge is 2.34. The Morgan fingerprint density at radius 2 is 2.05 bits per heavy atom. The molecule has 1 aliphatic rings. The molecule has 0 spiro atoms. The third-order valence-electron chi connectivity index (χ3n) is 2.95. The van der Waals surface area contributed by atoms with Crippen LogP contribution in [0.4, 0.5) is 24.8 Å². The molecule has 2 heterocycles. The molecule has 0 aromatic carbocycles. The van der Waals surface area contributed by atoms with Gasteiger partial charge in [0.05, 0.1) is 17.7 Å². The van der Waals surface area contributed by atoms with Crippen molar-refractivity contribution in [2.24, 2.45) is 5.84 Å². The summed E-state index contributed by atoms with van der Waals surface area (Å²) in [5, 5.41) is 2.97. The van der Waals surface area contributed by atoms with Crippen molar-refractivity contribution in [1.82, 2.24) is 4.98 Å². The van der Waals surface area contributed by atoms with E-state index in [1.807, 2.05) is 6.92 Å². The minimum atomic E-state index is -4.45. The summed E-state index contributed by atoms with van der Waals surface area (Å²) >= 11 is 0. The van der Waals surface area contributed by atoms with E-state index in [0.29, 0.717) is 19.6 Å². The van der Waals surface area contributed by atoms with Gasteiger partial charge in [-0.25, -0.2) is 10.8 Å². The van der Waals surface area contributed by atoms with Crippen molar-refractivity contribution in [2.45, 2.75) is 25.1 Å². The van der Waals surface area contributed by atoms with Crippen molar-refractivity contribution in [2.75, 3.05) is 24.0 Å². The van der Waals surface area contributed by atoms with Gasteiger partial charge in [0.1, 0.15) is 11.6 Å². The number of ether oxygens (including phenoxy) is 1. The van der Waals surface area contributed by atoms with Gasteiger partial charge in [0.2, 0.25) is 0 Å². The predicted octanol–water partition coefficient (Wildman–Crippen LogP) is 1.98. The van der Waals surface area contributed by atoms with Crippen LogP contribution in [0, 0.1) is 0 Å². The number of hydrogen-bond acceptors (Lipinski definition) is 5. The molecule has 4 N–H and O–H groups in total. The molecule has 1 aliphatic heterocycles. The number of pyridine rings is 1. The van der Waals surface area contributed by atoms with Gasteiger partial charge in [0.25, 0.3) is 0 Å². The molecular weight excluding hydrogens is 261 g/mol. The van der Waals surface area contributed by atoms with Gasteiger partial charge in [-0.15, -0.1) is 0 Å². The highest BCUT2D eigenvalue weighted by molar-refractivity contribution is 5.50. The van der Waals surface area contributed by atoms with E-state index in [1.165, 1.54) is 0 Å². The average molecular weight is 276 g/mol. The Labute approximate surface area is 108 Å². The summed E-state index contributed by atoms with van der Waals surface area (Å²) in [4.78, 5) is 3.97. The molecule has 1 aromatic rings.